The van der Waals surface area contributed by atoms with Crippen LogP contribution in [0.1, 0.15) is 47.0 Å². The minimum absolute atomic E-state index is 0.182. The Kier molecular flexibility index (Phi) is 6.37. The monoisotopic (exact) mass is 215 g/mol. The number of methoxy groups -OCH3 is 1. The molecule has 0 N–H and O–H groups in total. The van der Waals surface area contributed by atoms with Gasteiger partial charge in [0.05, 0.1) is 7.11 Å². The SMILES string of the molecule is CC.CCC1(C)CCN(C(=O)OC)CC1. The third-order valence-corrected chi connectivity index (χ3v) is 3.26. The van der Waals surface area contributed by atoms with Crippen LogP contribution in [0.4, 0.5) is 4.79 Å². The van der Waals surface area contributed by atoms with E-state index in [-0.39, 0.29) is 6.09 Å². The van der Waals surface area contributed by atoms with E-state index in [0.29, 0.717) is 5.41 Å². The fourth-order valence-electron chi connectivity index (χ4n) is 1.71. The summed E-state index contributed by atoms with van der Waals surface area (Å²) in [6, 6.07) is 0. The number of likely N-dealkylation sites (tertiary alicyclic amines) is 1. The van der Waals surface area contributed by atoms with Gasteiger partial charge in [-0.05, 0) is 18.3 Å². The van der Waals surface area contributed by atoms with Crippen molar-refractivity contribution in [2.75, 3.05) is 20.2 Å². The van der Waals surface area contributed by atoms with Gasteiger partial charge in [-0.15, -0.1) is 0 Å². The Hall–Kier alpha value is -0.730. The van der Waals surface area contributed by atoms with E-state index in [1.807, 2.05) is 13.8 Å². The zero-order chi connectivity index (χ0) is 11.9. The molecule has 0 unspecified atom stereocenters. The Labute approximate surface area is 93.8 Å². The molecule has 1 heterocycles. The van der Waals surface area contributed by atoms with Gasteiger partial charge >= 0.3 is 6.09 Å². The summed E-state index contributed by atoms with van der Waals surface area (Å²) in [5, 5.41) is 0. The van der Waals surface area contributed by atoms with E-state index < -0.39 is 0 Å². The Morgan fingerprint density at radius 3 is 2.13 bits per heavy atom. The van der Waals surface area contributed by atoms with E-state index in [1.54, 1.807) is 4.90 Å². The van der Waals surface area contributed by atoms with Gasteiger partial charge < -0.3 is 9.64 Å². The fraction of sp³-hybridized carbons (Fsp3) is 0.917. The number of nitrogens with zero attached hydrogens (tertiary/aromatic N) is 1. The van der Waals surface area contributed by atoms with Crippen molar-refractivity contribution in [1.82, 2.24) is 4.90 Å². The second kappa shape index (κ2) is 6.70. The highest BCUT2D eigenvalue weighted by Crippen LogP contribution is 2.33. The fourth-order valence-corrected chi connectivity index (χ4v) is 1.71. The van der Waals surface area contributed by atoms with Crippen LogP contribution in [0.25, 0.3) is 0 Å². The third-order valence-electron chi connectivity index (χ3n) is 3.26. The average Bonchev–Trinajstić information content (AvgIpc) is 2.32. The molecule has 0 aromatic heterocycles. The lowest BCUT2D eigenvalue weighted by molar-refractivity contribution is 0.0827. The molecule has 0 atom stereocenters. The summed E-state index contributed by atoms with van der Waals surface area (Å²) in [5.41, 5.74) is 0.435. The predicted octanol–water partition coefficient (Wildman–Crippen LogP) is 3.29. The molecule has 1 saturated heterocycles. The minimum Gasteiger partial charge on any atom is -0.453 e. The standard InChI is InChI=1S/C10H19NO2.C2H6/c1-4-10(2)5-7-11(8-6-10)9(12)13-3;1-2/h4-8H2,1-3H3;1-2H3. The largest absolute Gasteiger partial charge is 0.453 e. The number of amides is 1. The number of ether oxygens (including phenoxy) is 1. The van der Waals surface area contributed by atoms with Gasteiger partial charge in [-0.2, -0.15) is 0 Å². The van der Waals surface area contributed by atoms with Gasteiger partial charge in [-0.3, -0.25) is 0 Å². The highest BCUT2D eigenvalue weighted by Gasteiger charge is 2.30. The topological polar surface area (TPSA) is 29.5 Å². The van der Waals surface area contributed by atoms with Gasteiger partial charge in [0.25, 0.3) is 0 Å². The Balaban J connectivity index is 0.000000921. The summed E-state index contributed by atoms with van der Waals surface area (Å²) in [6.07, 6.45) is 3.21. The van der Waals surface area contributed by atoms with Gasteiger partial charge in [0.15, 0.2) is 0 Å². The van der Waals surface area contributed by atoms with Crippen LogP contribution in [0.2, 0.25) is 0 Å². The van der Waals surface area contributed by atoms with Crippen LogP contribution in [0, 0.1) is 5.41 Å². The van der Waals surface area contributed by atoms with Gasteiger partial charge in [0.1, 0.15) is 0 Å². The quantitative estimate of drug-likeness (QED) is 0.671. The molecular weight excluding hydrogens is 190 g/mol. The van der Waals surface area contributed by atoms with Gasteiger partial charge in [-0.1, -0.05) is 34.1 Å². The molecule has 1 rings (SSSR count). The van der Waals surface area contributed by atoms with Crippen molar-refractivity contribution in [2.45, 2.75) is 47.0 Å². The van der Waals surface area contributed by atoms with Crippen LogP contribution in [0.3, 0.4) is 0 Å². The summed E-state index contributed by atoms with van der Waals surface area (Å²) < 4.78 is 4.68. The summed E-state index contributed by atoms with van der Waals surface area (Å²) in [7, 11) is 1.44. The van der Waals surface area contributed by atoms with E-state index in [4.69, 9.17) is 0 Å². The molecule has 1 aliphatic heterocycles. The number of hydrogen-bond donors (Lipinski definition) is 0. The number of carbonyl (C=O) groups is 1. The molecule has 0 bridgehead atoms. The maximum atomic E-state index is 11.2. The van der Waals surface area contributed by atoms with Crippen LogP contribution in [-0.4, -0.2) is 31.2 Å². The highest BCUT2D eigenvalue weighted by molar-refractivity contribution is 5.67. The van der Waals surface area contributed by atoms with Crippen molar-refractivity contribution in [3.05, 3.63) is 0 Å². The zero-order valence-electron chi connectivity index (χ0n) is 10.8. The molecule has 1 aliphatic rings. The highest BCUT2D eigenvalue weighted by atomic mass is 16.5. The van der Waals surface area contributed by atoms with Gasteiger partial charge in [-0.25, -0.2) is 4.79 Å². The van der Waals surface area contributed by atoms with Crippen molar-refractivity contribution < 1.29 is 9.53 Å². The maximum absolute atomic E-state index is 11.2. The molecular formula is C12H25NO2. The summed E-state index contributed by atoms with van der Waals surface area (Å²) in [4.78, 5) is 13.0. The van der Waals surface area contributed by atoms with E-state index in [9.17, 15) is 4.79 Å². The zero-order valence-corrected chi connectivity index (χ0v) is 10.8. The maximum Gasteiger partial charge on any atom is 0.409 e. The lowest BCUT2D eigenvalue weighted by Gasteiger charge is -2.38. The third kappa shape index (κ3) is 4.10. The molecule has 0 saturated carbocycles. The van der Waals surface area contributed by atoms with Crippen molar-refractivity contribution >= 4 is 6.09 Å². The molecule has 0 spiro atoms. The lowest BCUT2D eigenvalue weighted by atomic mass is 9.78. The van der Waals surface area contributed by atoms with Crippen LogP contribution >= 0.6 is 0 Å². The molecule has 0 aromatic carbocycles. The minimum atomic E-state index is -0.182. The summed E-state index contributed by atoms with van der Waals surface area (Å²) in [5.74, 6) is 0. The smallest absolute Gasteiger partial charge is 0.409 e. The first-order valence-corrected chi connectivity index (χ1v) is 5.94. The molecule has 1 fully saturated rings. The van der Waals surface area contributed by atoms with Crippen molar-refractivity contribution in [3.63, 3.8) is 0 Å². The van der Waals surface area contributed by atoms with E-state index >= 15 is 0 Å². The molecule has 0 aliphatic carbocycles. The number of rotatable bonds is 1. The Morgan fingerprint density at radius 2 is 1.80 bits per heavy atom. The van der Waals surface area contributed by atoms with Crippen molar-refractivity contribution in [1.29, 1.82) is 0 Å². The lowest BCUT2D eigenvalue weighted by Crippen LogP contribution is -2.41. The molecule has 0 aromatic rings. The predicted molar refractivity (Wildman–Crippen MR) is 63.0 cm³/mol. The first-order chi connectivity index (χ1) is 7.11. The molecule has 0 radical (unpaired) electrons. The normalized spacial score (nSPS) is 18.9. The van der Waals surface area contributed by atoms with E-state index in [2.05, 4.69) is 18.6 Å². The molecule has 1 amide bonds. The van der Waals surface area contributed by atoms with Crippen LogP contribution in [0.15, 0.2) is 0 Å². The first-order valence-electron chi connectivity index (χ1n) is 5.94. The van der Waals surface area contributed by atoms with E-state index in [1.165, 1.54) is 13.5 Å². The summed E-state index contributed by atoms with van der Waals surface area (Å²) in [6.45, 7) is 10.2. The van der Waals surface area contributed by atoms with Gasteiger partial charge in [0.2, 0.25) is 0 Å². The Bertz CT molecular complexity index is 184. The van der Waals surface area contributed by atoms with Crippen LogP contribution in [-0.2, 0) is 4.74 Å². The molecule has 3 heteroatoms. The molecule has 3 nitrogen and oxygen atoms in total. The average molecular weight is 215 g/mol. The van der Waals surface area contributed by atoms with Crippen molar-refractivity contribution in [3.8, 4) is 0 Å². The molecule has 90 valence electrons. The number of hydrogen-bond acceptors (Lipinski definition) is 2. The van der Waals surface area contributed by atoms with Crippen molar-refractivity contribution in [2.24, 2.45) is 5.41 Å². The molecule has 15 heavy (non-hydrogen) atoms. The van der Waals surface area contributed by atoms with Crippen LogP contribution in [0.5, 0.6) is 0 Å². The van der Waals surface area contributed by atoms with Crippen LogP contribution < -0.4 is 0 Å². The first kappa shape index (κ1) is 14.3. The number of carbonyl (C=O) groups excluding carboxylic acids is 1. The van der Waals surface area contributed by atoms with Gasteiger partial charge in [0, 0.05) is 13.1 Å². The second-order valence-electron chi connectivity index (χ2n) is 4.12. The Morgan fingerprint density at radius 1 is 1.33 bits per heavy atom. The summed E-state index contributed by atoms with van der Waals surface area (Å²) >= 11 is 0. The second-order valence-corrected chi connectivity index (χ2v) is 4.12. The number of piperidine rings is 1. The van der Waals surface area contributed by atoms with E-state index in [0.717, 1.165) is 25.9 Å².